The fourth-order valence-corrected chi connectivity index (χ4v) is 3.74. The van der Waals surface area contributed by atoms with E-state index in [1.165, 1.54) is 11.6 Å². The fourth-order valence-electron chi connectivity index (χ4n) is 3.74. The van der Waals surface area contributed by atoms with Crippen molar-refractivity contribution in [2.24, 2.45) is 0 Å². The second kappa shape index (κ2) is 8.63. The predicted molar refractivity (Wildman–Crippen MR) is 115 cm³/mol. The first-order valence-electron chi connectivity index (χ1n) is 9.97. The summed E-state index contributed by atoms with van der Waals surface area (Å²) in [4.78, 5) is 20.4. The monoisotopic (exact) mass is 393 g/mol. The van der Waals surface area contributed by atoms with Crippen molar-refractivity contribution in [3.05, 3.63) is 60.8 Å². The minimum absolute atomic E-state index is 0.0727. The number of nitrogens with one attached hydrogen (secondary N) is 2. The van der Waals surface area contributed by atoms with Gasteiger partial charge in [0.2, 0.25) is 5.91 Å². The highest BCUT2D eigenvalue weighted by Crippen LogP contribution is 2.36. The molecule has 7 nitrogen and oxygen atoms in total. The molecule has 1 aromatic heterocycles. The van der Waals surface area contributed by atoms with Gasteiger partial charge in [-0.2, -0.15) is 0 Å². The molecule has 1 amide bonds. The van der Waals surface area contributed by atoms with Gasteiger partial charge in [-0.3, -0.25) is 10.1 Å². The van der Waals surface area contributed by atoms with Crippen LogP contribution in [0.5, 0.6) is 0 Å². The van der Waals surface area contributed by atoms with Gasteiger partial charge in [0.15, 0.2) is 12.1 Å². The molecule has 0 aliphatic carbocycles. The van der Waals surface area contributed by atoms with E-state index in [0.29, 0.717) is 6.04 Å². The first-order valence-corrected chi connectivity index (χ1v) is 9.97. The van der Waals surface area contributed by atoms with Crippen LogP contribution in [0.4, 0.5) is 17.2 Å². The lowest BCUT2D eigenvalue weighted by molar-refractivity contribution is -0.113. The number of aromatic nitrogens is 1. The van der Waals surface area contributed by atoms with Gasteiger partial charge in [0.05, 0.1) is 17.6 Å². The van der Waals surface area contributed by atoms with Crippen LogP contribution in [0.3, 0.4) is 0 Å². The largest absolute Gasteiger partial charge is 0.381 e. The number of benzene rings is 1. The molecule has 152 valence electrons. The number of anilines is 3. The molecule has 0 saturated carbocycles. The lowest BCUT2D eigenvalue weighted by Crippen LogP contribution is -2.52. The fraction of sp³-hybridized carbons (Fsp3) is 0.364. The summed E-state index contributed by atoms with van der Waals surface area (Å²) < 4.78 is 5.49. The van der Waals surface area contributed by atoms with E-state index in [9.17, 15) is 4.79 Å². The molecule has 2 aliphatic heterocycles. The van der Waals surface area contributed by atoms with Crippen LogP contribution in [0.25, 0.3) is 0 Å². The standard InChI is InChI=1S/C22H27N5O2/c1-3-20(28)26(2)18-13-19-21(23-14-18)25-22(24-17-9-11-29-12-10-17)27(19)15-16-7-5-4-6-8-16/h3-8,13-14,17,22,24H,1,9-12,15H2,2H3,(H,23,25). The van der Waals surface area contributed by atoms with Crippen LogP contribution in [0, 0.1) is 0 Å². The van der Waals surface area contributed by atoms with Crippen molar-refractivity contribution in [1.82, 2.24) is 10.3 Å². The number of amides is 1. The average molecular weight is 393 g/mol. The Labute approximate surface area is 171 Å². The zero-order valence-electron chi connectivity index (χ0n) is 16.7. The summed E-state index contributed by atoms with van der Waals surface area (Å²) in [6.45, 7) is 5.87. The molecule has 2 aromatic rings. The van der Waals surface area contributed by atoms with Crippen LogP contribution in [0.2, 0.25) is 0 Å². The van der Waals surface area contributed by atoms with E-state index >= 15 is 0 Å². The van der Waals surface area contributed by atoms with Gasteiger partial charge in [-0.1, -0.05) is 36.9 Å². The Kier molecular flexibility index (Phi) is 5.78. The minimum atomic E-state index is -0.163. The molecule has 7 heteroatoms. The summed E-state index contributed by atoms with van der Waals surface area (Å²) in [6, 6.07) is 12.7. The van der Waals surface area contributed by atoms with Gasteiger partial charge in [-0.05, 0) is 30.5 Å². The van der Waals surface area contributed by atoms with Gasteiger partial charge in [0.25, 0.3) is 0 Å². The smallest absolute Gasteiger partial charge is 0.250 e. The first-order chi connectivity index (χ1) is 14.2. The quantitative estimate of drug-likeness (QED) is 0.736. The molecule has 2 N–H and O–H groups in total. The van der Waals surface area contributed by atoms with Crippen LogP contribution < -0.4 is 20.4 Å². The number of carbonyl (C=O) groups excluding carboxylic acids is 1. The van der Waals surface area contributed by atoms with Gasteiger partial charge in [0, 0.05) is 32.8 Å². The number of nitrogens with zero attached hydrogens (tertiary/aromatic N) is 3. The van der Waals surface area contributed by atoms with Crippen molar-refractivity contribution >= 4 is 23.1 Å². The Morgan fingerprint density at radius 1 is 1.38 bits per heavy atom. The molecule has 0 spiro atoms. The maximum Gasteiger partial charge on any atom is 0.250 e. The number of hydrogen-bond acceptors (Lipinski definition) is 6. The average Bonchev–Trinajstić information content (AvgIpc) is 3.10. The van der Waals surface area contributed by atoms with Crippen molar-refractivity contribution in [1.29, 1.82) is 0 Å². The summed E-state index contributed by atoms with van der Waals surface area (Å²) in [5.41, 5.74) is 2.92. The summed E-state index contributed by atoms with van der Waals surface area (Å²) in [7, 11) is 1.73. The zero-order valence-corrected chi connectivity index (χ0v) is 16.7. The van der Waals surface area contributed by atoms with E-state index < -0.39 is 0 Å². The number of ether oxygens (including phenoxy) is 1. The second-order valence-electron chi connectivity index (χ2n) is 7.38. The van der Waals surface area contributed by atoms with E-state index in [4.69, 9.17) is 4.74 Å². The Hall–Kier alpha value is -2.90. The van der Waals surface area contributed by atoms with Gasteiger partial charge >= 0.3 is 0 Å². The molecule has 0 radical (unpaired) electrons. The summed E-state index contributed by atoms with van der Waals surface area (Å²) >= 11 is 0. The van der Waals surface area contributed by atoms with Crippen LogP contribution in [-0.2, 0) is 16.1 Å². The van der Waals surface area contributed by atoms with E-state index in [0.717, 1.165) is 49.8 Å². The van der Waals surface area contributed by atoms with Crippen molar-refractivity contribution in [3.8, 4) is 0 Å². The molecular weight excluding hydrogens is 366 g/mol. The summed E-state index contributed by atoms with van der Waals surface area (Å²) in [5.74, 6) is 0.651. The Balaban J connectivity index is 1.62. The lowest BCUT2D eigenvalue weighted by Gasteiger charge is -2.33. The molecule has 4 rings (SSSR count). The lowest BCUT2D eigenvalue weighted by atomic mass is 10.1. The third kappa shape index (κ3) is 4.26. The van der Waals surface area contributed by atoms with Gasteiger partial charge in [-0.25, -0.2) is 4.98 Å². The number of fused-ring (bicyclic) bond motifs is 1. The third-order valence-electron chi connectivity index (χ3n) is 5.45. The summed E-state index contributed by atoms with van der Waals surface area (Å²) in [6.07, 6.45) is 4.93. The molecule has 1 unspecified atom stereocenters. The molecule has 0 bridgehead atoms. The van der Waals surface area contributed by atoms with E-state index in [-0.39, 0.29) is 12.2 Å². The maximum absolute atomic E-state index is 12.0. The molecule has 2 aliphatic rings. The molecule has 1 saturated heterocycles. The first kappa shape index (κ1) is 19.4. The van der Waals surface area contributed by atoms with Crippen LogP contribution in [0.1, 0.15) is 18.4 Å². The van der Waals surface area contributed by atoms with Gasteiger partial charge < -0.3 is 19.9 Å². The molecule has 3 heterocycles. The maximum atomic E-state index is 12.0. The van der Waals surface area contributed by atoms with E-state index in [1.54, 1.807) is 18.1 Å². The highest BCUT2D eigenvalue weighted by atomic mass is 16.5. The van der Waals surface area contributed by atoms with E-state index in [2.05, 4.69) is 39.2 Å². The van der Waals surface area contributed by atoms with Crippen LogP contribution >= 0.6 is 0 Å². The molecule has 1 atom stereocenters. The SMILES string of the molecule is C=CC(=O)N(C)c1cnc2c(c1)N(Cc1ccccc1)C(NC1CCOCC1)N2. The Morgan fingerprint density at radius 3 is 2.86 bits per heavy atom. The molecular formula is C22H27N5O2. The highest BCUT2D eigenvalue weighted by molar-refractivity contribution is 6.01. The normalized spacial score (nSPS) is 18.8. The summed E-state index contributed by atoms with van der Waals surface area (Å²) in [5, 5.41) is 7.22. The number of likely N-dealkylation sites (N-methyl/N-ethyl adjacent to an activating group) is 1. The highest BCUT2D eigenvalue weighted by Gasteiger charge is 2.32. The number of pyridine rings is 1. The number of carbonyl (C=O) groups is 1. The number of rotatable bonds is 6. The van der Waals surface area contributed by atoms with Crippen molar-refractivity contribution in [2.75, 3.05) is 35.4 Å². The molecule has 1 fully saturated rings. The Bertz CT molecular complexity index is 867. The van der Waals surface area contributed by atoms with Crippen molar-refractivity contribution < 1.29 is 9.53 Å². The van der Waals surface area contributed by atoms with Crippen LogP contribution in [-0.4, -0.2) is 43.5 Å². The number of hydrogen-bond donors (Lipinski definition) is 2. The molecule has 29 heavy (non-hydrogen) atoms. The minimum Gasteiger partial charge on any atom is -0.381 e. The van der Waals surface area contributed by atoms with Crippen molar-refractivity contribution in [3.63, 3.8) is 0 Å². The van der Waals surface area contributed by atoms with Gasteiger partial charge in [-0.15, -0.1) is 0 Å². The topological polar surface area (TPSA) is 69.7 Å². The zero-order chi connectivity index (χ0) is 20.2. The van der Waals surface area contributed by atoms with Crippen molar-refractivity contribution in [2.45, 2.75) is 31.7 Å². The van der Waals surface area contributed by atoms with Gasteiger partial charge in [0.1, 0.15) is 0 Å². The molecule has 1 aromatic carbocycles. The third-order valence-corrected chi connectivity index (χ3v) is 5.45. The van der Waals surface area contributed by atoms with Crippen LogP contribution in [0.15, 0.2) is 55.3 Å². The second-order valence-corrected chi connectivity index (χ2v) is 7.38. The predicted octanol–water partition coefficient (Wildman–Crippen LogP) is 2.71. The van der Waals surface area contributed by atoms with E-state index in [1.807, 2.05) is 24.3 Å². The Morgan fingerprint density at radius 2 is 2.14 bits per heavy atom.